The summed E-state index contributed by atoms with van der Waals surface area (Å²) in [6.07, 6.45) is 1.91. The van der Waals surface area contributed by atoms with Gasteiger partial charge in [0.15, 0.2) is 5.65 Å². The second-order valence-electron chi connectivity index (χ2n) is 8.35. The third kappa shape index (κ3) is 5.06. The van der Waals surface area contributed by atoms with Crippen molar-refractivity contribution in [3.63, 3.8) is 0 Å². The van der Waals surface area contributed by atoms with E-state index in [0.717, 1.165) is 10.6 Å². The molecule has 0 saturated carbocycles. The van der Waals surface area contributed by atoms with Crippen LogP contribution >= 0.6 is 0 Å². The standard InChI is InChI=1S/C16H26BN3O5Si/c1-16(2,3)25-15(21)20-9-11(17(22)23)12-13(20)18-10-19-14(12)24-7-8-26(4,5)6/h9-10,22-23H,7-8H2,1-6H3. The van der Waals surface area contributed by atoms with E-state index < -0.39 is 26.9 Å². The van der Waals surface area contributed by atoms with Gasteiger partial charge in [0.1, 0.15) is 11.9 Å². The van der Waals surface area contributed by atoms with Crippen LogP contribution < -0.4 is 10.2 Å². The minimum Gasteiger partial charge on any atom is -0.477 e. The Hall–Kier alpha value is -1.91. The molecule has 0 aromatic carbocycles. The third-order valence-corrected chi connectivity index (χ3v) is 5.24. The van der Waals surface area contributed by atoms with Crippen LogP contribution in [0, 0.1) is 0 Å². The van der Waals surface area contributed by atoms with Crippen molar-refractivity contribution in [2.24, 2.45) is 0 Å². The Morgan fingerprint density at radius 2 is 1.92 bits per heavy atom. The normalized spacial score (nSPS) is 12.3. The van der Waals surface area contributed by atoms with Crippen LogP contribution in [0.2, 0.25) is 25.7 Å². The molecule has 26 heavy (non-hydrogen) atoms. The topological polar surface area (TPSA) is 107 Å². The van der Waals surface area contributed by atoms with Gasteiger partial charge in [-0.25, -0.2) is 19.3 Å². The highest BCUT2D eigenvalue weighted by atomic mass is 28.3. The first-order valence-electron chi connectivity index (χ1n) is 8.47. The Kier molecular flexibility index (Phi) is 5.79. The summed E-state index contributed by atoms with van der Waals surface area (Å²) in [5.41, 5.74) is -0.398. The van der Waals surface area contributed by atoms with Gasteiger partial charge in [-0.3, -0.25) is 0 Å². The van der Waals surface area contributed by atoms with Crippen molar-refractivity contribution in [2.45, 2.75) is 52.1 Å². The molecule has 0 bridgehead atoms. The maximum atomic E-state index is 12.4. The van der Waals surface area contributed by atoms with Crippen LogP contribution in [0.4, 0.5) is 4.79 Å². The summed E-state index contributed by atoms with van der Waals surface area (Å²) in [6.45, 7) is 12.4. The van der Waals surface area contributed by atoms with Gasteiger partial charge < -0.3 is 19.5 Å². The van der Waals surface area contributed by atoms with Gasteiger partial charge in [-0.1, -0.05) is 19.6 Å². The molecule has 2 aromatic heterocycles. The molecule has 8 nitrogen and oxygen atoms in total. The van der Waals surface area contributed by atoms with Crippen LogP contribution in [0.3, 0.4) is 0 Å². The van der Waals surface area contributed by atoms with Crippen LogP contribution in [0.5, 0.6) is 5.88 Å². The molecule has 2 heterocycles. The number of aromatic nitrogens is 3. The molecule has 0 aliphatic rings. The maximum absolute atomic E-state index is 12.4. The molecule has 0 aliphatic heterocycles. The van der Waals surface area contributed by atoms with E-state index in [1.165, 1.54) is 12.5 Å². The molecule has 0 spiro atoms. The van der Waals surface area contributed by atoms with Crippen LogP contribution in [0.1, 0.15) is 20.8 Å². The average molecular weight is 379 g/mol. The molecule has 0 unspecified atom stereocenters. The molecular formula is C16H26BN3O5Si. The Balaban J connectivity index is 2.45. The fourth-order valence-electron chi connectivity index (χ4n) is 2.27. The Labute approximate surface area is 154 Å². The van der Waals surface area contributed by atoms with Crippen molar-refractivity contribution >= 4 is 37.8 Å². The first-order valence-corrected chi connectivity index (χ1v) is 12.2. The van der Waals surface area contributed by atoms with Crippen LogP contribution in [-0.4, -0.2) is 58.1 Å². The first-order chi connectivity index (χ1) is 11.9. The lowest BCUT2D eigenvalue weighted by atomic mass is 9.80. The zero-order chi connectivity index (χ0) is 19.7. The molecule has 10 heteroatoms. The van der Waals surface area contributed by atoms with Gasteiger partial charge in [0.05, 0.1) is 12.0 Å². The summed E-state index contributed by atoms with van der Waals surface area (Å²) < 4.78 is 12.3. The molecular weight excluding hydrogens is 353 g/mol. The van der Waals surface area contributed by atoms with Crippen molar-refractivity contribution in [3.05, 3.63) is 12.5 Å². The van der Waals surface area contributed by atoms with Crippen molar-refractivity contribution in [2.75, 3.05) is 6.61 Å². The Morgan fingerprint density at radius 1 is 1.27 bits per heavy atom. The zero-order valence-electron chi connectivity index (χ0n) is 16.1. The number of fused-ring (bicyclic) bond motifs is 1. The summed E-state index contributed by atoms with van der Waals surface area (Å²) in [7, 11) is -3.10. The molecule has 2 rings (SSSR count). The number of hydrogen-bond acceptors (Lipinski definition) is 7. The molecule has 0 fully saturated rings. The van der Waals surface area contributed by atoms with Gasteiger partial charge in [-0.2, -0.15) is 0 Å². The minimum atomic E-state index is -1.80. The predicted octanol–water partition coefficient (Wildman–Crippen LogP) is 1.61. The molecule has 0 atom stereocenters. The van der Waals surface area contributed by atoms with E-state index in [1.54, 1.807) is 20.8 Å². The lowest BCUT2D eigenvalue weighted by Crippen LogP contribution is -2.31. The fourth-order valence-corrected chi connectivity index (χ4v) is 2.98. The van der Waals surface area contributed by atoms with Crippen molar-refractivity contribution in [3.8, 4) is 5.88 Å². The highest BCUT2D eigenvalue weighted by molar-refractivity contribution is 6.76. The number of nitrogens with zero attached hydrogens (tertiary/aromatic N) is 3. The van der Waals surface area contributed by atoms with Gasteiger partial charge in [0, 0.05) is 19.7 Å². The smallest absolute Gasteiger partial charge is 0.477 e. The van der Waals surface area contributed by atoms with Crippen LogP contribution in [0.25, 0.3) is 11.0 Å². The molecule has 0 saturated heterocycles. The van der Waals surface area contributed by atoms with E-state index in [-0.39, 0.29) is 17.0 Å². The Morgan fingerprint density at radius 3 is 2.46 bits per heavy atom. The van der Waals surface area contributed by atoms with Gasteiger partial charge in [-0.15, -0.1) is 0 Å². The van der Waals surface area contributed by atoms with E-state index in [4.69, 9.17) is 9.47 Å². The Bertz CT molecular complexity index is 796. The predicted molar refractivity (Wildman–Crippen MR) is 103 cm³/mol. The van der Waals surface area contributed by atoms with Crippen LogP contribution in [0.15, 0.2) is 12.5 Å². The summed E-state index contributed by atoms with van der Waals surface area (Å²) in [5.74, 6) is 0.221. The number of hydrogen-bond donors (Lipinski definition) is 2. The summed E-state index contributed by atoms with van der Waals surface area (Å²) in [4.78, 5) is 20.7. The van der Waals surface area contributed by atoms with Crippen LogP contribution in [-0.2, 0) is 4.74 Å². The quantitative estimate of drug-likeness (QED) is 0.760. The fraction of sp³-hybridized carbons (Fsp3) is 0.562. The van der Waals surface area contributed by atoms with Gasteiger partial charge >= 0.3 is 13.2 Å². The lowest BCUT2D eigenvalue weighted by molar-refractivity contribution is 0.0544. The van der Waals surface area contributed by atoms with E-state index in [0.29, 0.717) is 12.0 Å². The van der Waals surface area contributed by atoms with E-state index in [2.05, 4.69) is 29.6 Å². The van der Waals surface area contributed by atoms with Gasteiger partial charge in [-0.05, 0) is 26.8 Å². The monoisotopic (exact) mass is 379 g/mol. The van der Waals surface area contributed by atoms with Gasteiger partial charge in [0.2, 0.25) is 5.88 Å². The highest BCUT2D eigenvalue weighted by Gasteiger charge is 2.28. The number of ether oxygens (including phenoxy) is 2. The minimum absolute atomic E-state index is 0.0921. The molecule has 0 aliphatic carbocycles. The highest BCUT2D eigenvalue weighted by Crippen LogP contribution is 2.23. The summed E-state index contributed by atoms with van der Waals surface area (Å²) in [5, 5.41) is 19.7. The third-order valence-electron chi connectivity index (χ3n) is 3.54. The van der Waals surface area contributed by atoms with Crippen molar-refractivity contribution in [1.29, 1.82) is 0 Å². The molecule has 0 radical (unpaired) electrons. The first kappa shape index (κ1) is 20.4. The van der Waals surface area contributed by atoms with E-state index in [9.17, 15) is 14.8 Å². The number of rotatable bonds is 5. The second-order valence-corrected chi connectivity index (χ2v) is 14.0. The molecule has 2 N–H and O–H groups in total. The van der Waals surface area contributed by atoms with E-state index >= 15 is 0 Å². The largest absolute Gasteiger partial charge is 0.490 e. The molecule has 0 amide bonds. The zero-order valence-corrected chi connectivity index (χ0v) is 17.1. The lowest BCUT2D eigenvalue weighted by Gasteiger charge is -2.19. The second kappa shape index (κ2) is 7.37. The van der Waals surface area contributed by atoms with Crippen molar-refractivity contribution in [1.82, 2.24) is 14.5 Å². The average Bonchev–Trinajstić information content (AvgIpc) is 2.85. The summed E-state index contributed by atoms with van der Waals surface area (Å²) in [6, 6.07) is 0.919. The van der Waals surface area contributed by atoms with Gasteiger partial charge in [0.25, 0.3) is 0 Å². The maximum Gasteiger partial charge on any atom is 0.490 e. The molecule has 2 aromatic rings. The SMILES string of the molecule is CC(C)(C)OC(=O)n1cc(B(O)O)c2c(OCC[Si](C)(C)C)ncnc21. The number of carbonyl (C=O) groups is 1. The number of carbonyl (C=O) groups excluding carboxylic acids is 1. The molecule has 142 valence electrons. The van der Waals surface area contributed by atoms with Crippen molar-refractivity contribution < 1.29 is 24.3 Å². The van der Waals surface area contributed by atoms with E-state index in [1.807, 2.05) is 0 Å². The summed E-state index contributed by atoms with van der Waals surface area (Å²) >= 11 is 0.